The fourth-order valence-corrected chi connectivity index (χ4v) is 4.68. The van der Waals surface area contributed by atoms with E-state index in [1.807, 2.05) is 42.3 Å². The van der Waals surface area contributed by atoms with Crippen LogP contribution in [0, 0.1) is 0 Å². The normalized spacial score (nSPS) is 24.6. The minimum Gasteiger partial charge on any atom is -0.504 e. The van der Waals surface area contributed by atoms with Gasteiger partial charge in [-0.25, -0.2) is 0 Å². The summed E-state index contributed by atoms with van der Waals surface area (Å²) in [5.41, 5.74) is 1.05. The van der Waals surface area contributed by atoms with Crippen LogP contribution in [0.3, 0.4) is 0 Å². The quantitative estimate of drug-likeness (QED) is 0.881. The van der Waals surface area contributed by atoms with Gasteiger partial charge in [0.2, 0.25) is 0 Å². The number of likely N-dealkylation sites (N-methyl/N-ethyl adjacent to an activating group) is 1. The van der Waals surface area contributed by atoms with Crippen LogP contribution in [0.4, 0.5) is 0 Å². The smallest absolute Gasteiger partial charge is 0.160 e. The Bertz CT molecular complexity index is 834. The van der Waals surface area contributed by atoms with Crippen LogP contribution in [-0.4, -0.2) is 35.8 Å². The van der Waals surface area contributed by atoms with Crippen LogP contribution in [0.2, 0.25) is 5.02 Å². The Labute approximate surface area is 152 Å². The lowest BCUT2D eigenvalue weighted by atomic mass is 9.75. The fraction of sp³-hybridized carbons (Fsp3) is 0.400. The average molecular weight is 360 g/mol. The lowest BCUT2D eigenvalue weighted by Crippen LogP contribution is -2.56. The number of hydrogen-bond donors (Lipinski definition) is 2. The van der Waals surface area contributed by atoms with E-state index in [1.54, 1.807) is 6.07 Å². The molecule has 1 saturated carbocycles. The zero-order valence-electron chi connectivity index (χ0n) is 14.4. The monoisotopic (exact) mass is 359 g/mol. The molecule has 2 N–H and O–H groups in total. The van der Waals surface area contributed by atoms with Gasteiger partial charge in [-0.15, -0.1) is 0 Å². The molecule has 25 heavy (non-hydrogen) atoms. The molecule has 0 unspecified atom stereocenters. The number of fused-ring (bicyclic) bond motifs is 1. The Balaban J connectivity index is 1.93. The molecule has 2 aliphatic rings. The lowest BCUT2D eigenvalue weighted by Gasteiger charge is -2.48. The van der Waals surface area contributed by atoms with Crippen LogP contribution >= 0.6 is 11.6 Å². The molecule has 1 aliphatic carbocycles. The molecule has 1 heterocycles. The second kappa shape index (κ2) is 5.63. The zero-order valence-corrected chi connectivity index (χ0v) is 15.2. The van der Waals surface area contributed by atoms with Crippen LogP contribution in [0.5, 0.6) is 11.5 Å². The maximum atomic E-state index is 12.0. The van der Waals surface area contributed by atoms with Gasteiger partial charge in [0.15, 0.2) is 17.2 Å². The SMILES string of the molecule is COc1cc2c(cc1O)[C@@](O)(C1(c3ccccc3Cl)CC1)N(C)CC2. The molecule has 2 aromatic carbocycles. The van der Waals surface area contributed by atoms with E-state index in [0.717, 1.165) is 42.5 Å². The Hall–Kier alpha value is -1.75. The lowest BCUT2D eigenvalue weighted by molar-refractivity contribution is -0.141. The van der Waals surface area contributed by atoms with E-state index in [0.29, 0.717) is 10.8 Å². The summed E-state index contributed by atoms with van der Waals surface area (Å²) in [4.78, 5) is 1.98. The van der Waals surface area contributed by atoms with Gasteiger partial charge >= 0.3 is 0 Å². The van der Waals surface area contributed by atoms with E-state index < -0.39 is 11.1 Å². The standard InChI is InChI=1S/C20H22ClNO3/c1-22-10-7-13-11-18(25-2)17(23)12-15(13)20(22,24)19(8-9-19)14-5-3-4-6-16(14)21/h3-6,11-12,23-24H,7-10H2,1-2H3/t20-/m1/s1. The molecule has 0 aromatic heterocycles. The molecule has 132 valence electrons. The summed E-state index contributed by atoms with van der Waals surface area (Å²) >= 11 is 6.48. The van der Waals surface area contributed by atoms with Crippen LogP contribution in [-0.2, 0) is 17.6 Å². The third-order valence-electron chi connectivity index (χ3n) is 5.86. The predicted molar refractivity (Wildman–Crippen MR) is 97.3 cm³/mol. The maximum absolute atomic E-state index is 12.0. The summed E-state index contributed by atoms with van der Waals surface area (Å²) in [6, 6.07) is 11.2. The van der Waals surface area contributed by atoms with E-state index in [9.17, 15) is 10.2 Å². The van der Waals surface area contributed by atoms with Crippen molar-refractivity contribution in [2.45, 2.75) is 30.4 Å². The van der Waals surface area contributed by atoms with Crippen molar-refractivity contribution in [2.24, 2.45) is 0 Å². The van der Waals surface area contributed by atoms with Crippen molar-refractivity contribution in [3.63, 3.8) is 0 Å². The van der Waals surface area contributed by atoms with Crippen molar-refractivity contribution in [1.29, 1.82) is 0 Å². The third kappa shape index (κ3) is 2.21. The molecule has 0 spiro atoms. The summed E-state index contributed by atoms with van der Waals surface area (Å²) < 4.78 is 5.24. The molecule has 1 aliphatic heterocycles. The number of methoxy groups -OCH3 is 1. The van der Waals surface area contributed by atoms with Gasteiger partial charge in [-0.3, -0.25) is 4.90 Å². The van der Waals surface area contributed by atoms with E-state index >= 15 is 0 Å². The Morgan fingerprint density at radius 3 is 2.52 bits per heavy atom. The zero-order chi connectivity index (χ0) is 17.8. The number of hydrogen-bond acceptors (Lipinski definition) is 4. The third-order valence-corrected chi connectivity index (χ3v) is 6.19. The molecule has 0 radical (unpaired) electrons. The van der Waals surface area contributed by atoms with E-state index in [2.05, 4.69) is 0 Å². The summed E-state index contributed by atoms with van der Waals surface area (Å²) in [5.74, 6) is 0.484. The second-order valence-corrected chi connectivity index (χ2v) is 7.49. The number of halogens is 1. The van der Waals surface area contributed by atoms with Gasteiger partial charge in [-0.2, -0.15) is 0 Å². The molecule has 0 amide bonds. The first-order valence-electron chi connectivity index (χ1n) is 8.53. The van der Waals surface area contributed by atoms with Gasteiger partial charge in [-0.1, -0.05) is 29.8 Å². The van der Waals surface area contributed by atoms with Crippen molar-refractivity contribution in [3.8, 4) is 11.5 Å². The highest BCUT2D eigenvalue weighted by Gasteiger charge is 2.64. The highest BCUT2D eigenvalue weighted by atomic mass is 35.5. The van der Waals surface area contributed by atoms with Crippen molar-refractivity contribution in [2.75, 3.05) is 20.7 Å². The number of phenolic OH excluding ortho intramolecular Hbond substituents is 1. The van der Waals surface area contributed by atoms with E-state index in [4.69, 9.17) is 16.3 Å². The van der Waals surface area contributed by atoms with Gasteiger partial charge in [0.1, 0.15) is 0 Å². The number of nitrogens with zero attached hydrogens (tertiary/aromatic N) is 1. The predicted octanol–water partition coefficient (Wildman–Crippen LogP) is 3.42. The molecule has 4 rings (SSSR count). The summed E-state index contributed by atoms with van der Waals surface area (Å²) in [7, 11) is 3.47. The molecule has 0 saturated heterocycles. The average Bonchev–Trinajstić information content (AvgIpc) is 3.41. The van der Waals surface area contributed by atoms with E-state index in [-0.39, 0.29) is 5.75 Å². The van der Waals surface area contributed by atoms with Crippen LogP contribution in [0.15, 0.2) is 36.4 Å². The van der Waals surface area contributed by atoms with Gasteiger partial charge in [0.25, 0.3) is 0 Å². The minimum atomic E-state index is -1.21. The number of aliphatic hydroxyl groups is 1. The Kier molecular flexibility index (Phi) is 3.76. The molecule has 2 aromatic rings. The first-order valence-corrected chi connectivity index (χ1v) is 8.91. The molecular formula is C20H22ClNO3. The van der Waals surface area contributed by atoms with Crippen molar-refractivity contribution in [1.82, 2.24) is 4.90 Å². The van der Waals surface area contributed by atoms with Crippen molar-refractivity contribution < 1.29 is 14.9 Å². The Morgan fingerprint density at radius 1 is 1.16 bits per heavy atom. The highest BCUT2D eigenvalue weighted by molar-refractivity contribution is 6.31. The fourth-order valence-electron chi connectivity index (χ4n) is 4.36. The number of ether oxygens (including phenoxy) is 1. The van der Waals surface area contributed by atoms with Gasteiger partial charge in [0.05, 0.1) is 7.11 Å². The molecular weight excluding hydrogens is 338 g/mol. The first kappa shape index (κ1) is 16.7. The number of aromatic hydroxyl groups is 1. The van der Waals surface area contributed by atoms with Gasteiger partial charge in [0, 0.05) is 22.5 Å². The number of phenols is 1. The van der Waals surface area contributed by atoms with Gasteiger partial charge in [-0.05, 0) is 55.6 Å². The minimum absolute atomic E-state index is 0.0462. The van der Waals surface area contributed by atoms with Crippen LogP contribution in [0.25, 0.3) is 0 Å². The molecule has 4 nitrogen and oxygen atoms in total. The topological polar surface area (TPSA) is 52.9 Å². The molecule has 0 bridgehead atoms. The van der Waals surface area contributed by atoms with Crippen molar-refractivity contribution in [3.05, 3.63) is 58.1 Å². The largest absolute Gasteiger partial charge is 0.504 e. The number of benzene rings is 2. The van der Waals surface area contributed by atoms with Crippen molar-refractivity contribution >= 4 is 11.6 Å². The van der Waals surface area contributed by atoms with Gasteiger partial charge < -0.3 is 14.9 Å². The van der Waals surface area contributed by atoms with E-state index in [1.165, 1.54) is 7.11 Å². The van der Waals surface area contributed by atoms with Crippen LogP contribution in [0.1, 0.15) is 29.5 Å². The maximum Gasteiger partial charge on any atom is 0.160 e. The highest BCUT2D eigenvalue weighted by Crippen LogP contribution is 2.63. The first-order chi connectivity index (χ1) is 11.9. The Morgan fingerprint density at radius 2 is 1.88 bits per heavy atom. The molecule has 1 fully saturated rings. The molecule has 1 atom stereocenters. The summed E-state index contributed by atoms with van der Waals surface area (Å²) in [6.07, 6.45) is 2.50. The summed E-state index contributed by atoms with van der Waals surface area (Å²) in [6.45, 7) is 0.726. The second-order valence-electron chi connectivity index (χ2n) is 7.09. The number of rotatable bonds is 3. The molecule has 5 heteroatoms. The van der Waals surface area contributed by atoms with Crippen LogP contribution < -0.4 is 4.74 Å². The summed E-state index contributed by atoms with van der Waals surface area (Å²) in [5, 5.41) is 23.0.